The van der Waals surface area contributed by atoms with Crippen molar-refractivity contribution in [2.24, 2.45) is 0 Å². The molecule has 0 aromatic heterocycles. The lowest BCUT2D eigenvalue weighted by molar-refractivity contribution is -0.147. The van der Waals surface area contributed by atoms with E-state index in [2.05, 4.69) is 4.74 Å². The maximum Gasteiger partial charge on any atom is 0.344 e. The second-order valence-electron chi connectivity index (χ2n) is 2.37. The molecule has 1 rings (SSSR count). The fourth-order valence-corrected chi connectivity index (χ4v) is 0.717. The van der Waals surface area contributed by atoms with E-state index in [-0.39, 0.29) is 12.1 Å². The molecule has 0 saturated carbocycles. The third kappa shape index (κ3) is 1.57. The Morgan fingerprint density at radius 1 is 1.70 bits per heavy atom. The van der Waals surface area contributed by atoms with E-state index < -0.39 is 6.10 Å². The Kier molecular flexibility index (Phi) is 2.06. The second-order valence-corrected chi connectivity index (χ2v) is 2.37. The molecule has 1 unspecified atom stereocenters. The number of hydrogen-bond donors (Lipinski definition) is 0. The van der Waals surface area contributed by atoms with Crippen molar-refractivity contribution in [1.82, 2.24) is 0 Å². The van der Waals surface area contributed by atoms with Crippen LogP contribution in [0, 0.1) is 0 Å². The van der Waals surface area contributed by atoms with Crippen LogP contribution in [0.2, 0.25) is 0 Å². The van der Waals surface area contributed by atoms with Gasteiger partial charge in [-0.2, -0.15) is 0 Å². The Morgan fingerprint density at radius 2 is 2.40 bits per heavy atom. The molecule has 3 heteroatoms. The van der Waals surface area contributed by atoms with Gasteiger partial charge in [0.05, 0.1) is 12.4 Å². The highest BCUT2D eigenvalue weighted by Crippen LogP contribution is 2.08. The lowest BCUT2D eigenvalue weighted by atomic mass is 10.3. The largest absolute Gasteiger partial charge is 0.433 e. The van der Waals surface area contributed by atoms with E-state index in [9.17, 15) is 4.79 Å². The lowest BCUT2D eigenvalue weighted by Gasteiger charge is -2.09. The standard InChI is InChI=1S/C7H10O3/c1-5(2)10-6-3-4-9-7(6)8/h3-6H,1-2H3. The summed E-state index contributed by atoms with van der Waals surface area (Å²) in [6, 6.07) is 0. The first-order valence-electron chi connectivity index (χ1n) is 3.23. The molecule has 56 valence electrons. The molecule has 3 nitrogen and oxygen atoms in total. The maximum atomic E-state index is 10.7. The molecule has 1 atom stereocenters. The van der Waals surface area contributed by atoms with Crippen LogP contribution >= 0.6 is 0 Å². The predicted molar refractivity (Wildman–Crippen MR) is 35.2 cm³/mol. The summed E-state index contributed by atoms with van der Waals surface area (Å²) < 4.78 is 9.68. The summed E-state index contributed by atoms with van der Waals surface area (Å²) in [6.07, 6.45) is 2.53. The number of esters is 1. The van der Waals surface area contributed by atoms with Crippen LogP contribution in [0.3, 0.4) is 0 Å². The van der Waals surface area contributed by atoms with Crippen molar-refractivity contribution in [2.45, 2.75) is 26.1 Å². The molecule has 0 aliphatic carbocycles. The first kappa shape index (κ1) is 7.28. The summed E-state index contributed by atoms with van der Waals surface area (Å²) >= 11 is 0. The van der Waals surface area contributed by atoms with Gasteiger partial charge in [0.2, 0.25) is 0 Å². The van der Waals surface area contributed by atoms with Crippen LogP contribution in [0.1, 0.15) is 13.8 Å². The SMILES string of the molecule is CC(C)OC1C=COC1=O. The quantitative estimate of drug-likeness (QED) is 0.536. The molecule has 1 aliphatic rings. The molecular weight excluding hydrogens is 132 g/mol. The van der Waals surface area contributed by atoms with Gasteiger partial charge in [0.15, 0.2) is 6.10 Å². The molecule has 0 fully saturated rings. The van der Waals surface area contributed by atoms with Gasteiger partial charge >= 0.3 is 5.97 Å². The molecule has 1 heterocycles. The summed E-state index contributed by atoms with van der Waals surface area (Å²) in [7, 11) is 0. The summed E-state index contributed by atoms with van der Waals surface area (Å²) in [4.78, 5) is 10.7. The Bertz CT molecular complexity index is 160. The van der Waals surface area contributed by atoms with Crippen LogP contribution in [0.5, 0.6) is 0 Å². The Morgan fingerprint density at radius 3 is 2.80 bits per heavy atom. The van der Waals surface area contributed by atoms with E-state index in [1.807, 2.05) is 13.8 Å². The zero-order valence-corrected chi connectivity index (χ0v) is 6.03. The first-order chi connectivity index (χ1) is 4.70. The fourth-order valence-electron chi connectivity index (χ4n) is 0.717. The van der Waals surface area contributed by atoms with E-state index in [1.165, 1.54) is 6.26 Å². The predicted octanol–water partition coefficient (Wildman–Crippen LogP) is 0.850. The van der Waals surface area contributed by atoms with Gasteiger partial charge in [-0.25, -0.2) is 4.79 Å². The van der Waals surface area contributed by atoms with Gasteiger partial charge in [0.25, 0.3) is 0 Å². The van der Waals surface area contributed by atoms with Crippen molar-refractivity contribution < 1.29 is 14.3 Å². The molecule has 0 amide bonds. The molecule has 0 aromatic rings. The minimum absolute atomic E-state index is 0.0558. The minimum Gasteiger partial charge on any atom is -0.433 e. The first-order valence-corrected chi connectivity index (χ1v) is 3.23. The van der Waals surface area contributed by atoms with Crippen LogP contribution in [0.4, 0.5) is 0 Å². The summed E-state index contributed by atoms with van der Waals surface area (Å²) in [5.74, 6) is -0.325. The van der Waals surface area contributed by atoms with Crippen LogP contribution in [-0.4, -0.2) is 18.2 Å². The molecule has 0 radical (unpaired) electrons. The molecule has 0 spiro atoms. The molecule has 1 aliphatic heterocycles. The van der Waals surface area contributed by atoms with Crippen molar-refractivity contribution in [3.05, 3.63) is 12.3 Å². The molecule has 10 heavy (non-hydrogen) atoms. The van der Waals surface area contributed by atoms with Crippen molar-refractivity contribution >= 4 is 5.97 Å². The van der Waals surface area contributed by atoms with Gasteiger partial charge in [-0.05, 0) is 19.9 Å². The Labute approximate surface area is 59.6 Å². The number of carbonyl (C=O) groups excluding carboxylic acids is 1. The Hall–Kier alpha value is -0.830. The molecular formula is C7H10O3. The number of hydrogen-bond acceptors (Lipinski definition) is 3. The highest BCUT2D eigenvalue weighted by atomic mass is 16.6. The summed E-state index contributed by atoms with van der Waals surface area (Å²) in [5.41, 5.74) is 0. The fraction of sp³-hybridized carbons (Fsp3) is 0.571. The van der Waals surface area contributed by atoms with E-state index in [1.54, 1.807) is 6.08 Å². The third-order valence-corrected chi connectivity index (χ3v) is 1.09. The zero-order valence-electron chi connectivity index (χ0n) is 6.03. The second kappa shape index (κ2) is 2.84. The highest BCUT2D eigenvalue weighted by molar-refractivity contribution is 5.79. The van der Waals surface area contributed by atoms with E-state index in [0.717, 1.165) is 0 Å². The third-order valence-electron chi connectivity index (χ3n) is 1.09. The molecule has 0 aromatic carbocycles. The average Bonchev–Trinajstić information content (AvgIpc) is 2.15. The smallest absolute Gasteiger partial charge is 0.344 e. The van der Waals surface area contributed by atoms with Gasteiger partial charge in [0.1, 0.15) is 0 Å². The maximum absolute atomic E-state index is 10.7. The van der Waals surface area contributed by atoms with Crippen LogP contribution in [0.25, 0.3) is 0 Å². The van der Waals surface area contributed by atoms with E-state index in [4.69, 9.17) is 4.74 Å². The van der Waals surface area contributed by atoms with Gasteiger partial charge in [-0.3, -0.25) is 0 Å². The average molecular weight is 142 g/mol. The van der Waals surface area contributed by atoms with Crippen molar-refractivity contribution in [3.63, 3.8) is 0 Å². The van der Waals surface area contributed by atoms with E-state index in [0.29, 0.717) is 0 Å². The summed E-state index contributed by atoms with van der Waals surface area (Å²) in [6.45, 7) is 3.75. The number of carbonyl (C=O) groups is 1. The molecule has 0 bridgehead atoms. The van der Waals surface area contributed by atoms with E-state index >= 15 is 0 Å². The number of rotatable bonds is 2. The van der Waals surface area contributed by atoms with Crippen LogP contribution < -0.4 is 0 Å². The molecule has 0 saturated heterocycles. The van der Waals surface area contributed by atoms with Gasteiger partial charge < -0.3 is 9.47 Å². The Balaban J connectivity index is 2.41. The van der Waals surface area contributed by atoms with Crippen molar-refractivity contribution in [1.29, 1.82) is 0 Å². The highest BCUT2D eigenvalue weighted by Gasteiger charge is 2.22. The minimum atomic E-state index is -0.486. The number of ether oxygens (including phenoxy) is 2. The number of cyclic esters (lactones) is 1. The molecule has 0 N–H and O–H groups in total. The van der Waals surface area contributed by atoms with Crippen LogP contribution in [-0.2, 0) is 14.3 Å². The summed E-state index contributed by atoms with van der Waals surface area (Å²) in [5, 5.41) is 0. The van der Waals surface area contributed by atoms with Crippen molar-refractivity contribution in [2.75, 3.05) is 0 Å². The lowest BCUT2D eigenvalue weighted by Crippen LogP contribution is -2.22. The van der Waals surface area contributed by atoms with Crippen LogP contribution in [0.15, 0.2) is 12.3 Å². The zero-order chi connectivity index (χ0) is 7.56. The van der Waals surface area contributed by atoms with Gasteiger partial charge in [0, 0.05) is 0 Å². The normalized spacial score (nSPS) is 23.9. The van der Waals surface area contributed by atoms with Crippen molar-refractivity contribution in [3.8, 4) is 0 Å². The van der Waals surface area contributed by atoms with Gasteiger partial charge in [-0.1, -0.05) is 0 Å². The topological polar surface area (TPSA) is 35.5 Å². The monoisotopic (exact) mass is 142 g/mol. The van der Waals surface area contributed by atoms with Gasteiger partial charge in [-0.15, -0.1) is 0 Å².